The highest BCUT2D eigenvalue weighted by molar-refractivity contribution is 8.03. The molecule has 0 radical (unpaired) electrons. The Hall–Kier alpha value is -1.19. The Balaban J connectivity index is 2.13. The SMILES string of the molecule is C=CSc1sccc1Cc1ccc(OC)cc1. The van der Waals surface area contributed by atoms with E-state index in [9.17, 15) is 0 Å². The highest BCUT2D eigenvalue weighted by Gasteiger charge is 2.04. The van der Waals surface area contributed by atoms with E-state index in [1.54, 1.807) is 30.2 Å². The third kappa shape index (κ3) is 3.14. The Bertz CT molecular complexity index is 485. The maximum atomic E-state index is 5.15. The molecule has 1 aromatic carbocycles. The summed E-state index contributed by atoms with van der Waals surface area (Å²) in [7, 11) is 1.69. The summed E-state index contributed by atoms with van der Waals surface area (Å²) in [6, 6.07) is 10.4. The second-order valence-corrected chi connectivity index (χ2v) is 5.69. The second kappa shape index (κ2) is 5.94. The van der Waals surface area contributed by atoms with Gasteiger partial charge in [0, 0.05) is 0 Å². The summed E-state index contributed by atoms with van der Waals surface area (Å²) < 4.78 is 6.48. The van der Waals surface area contributed by atoms with Crippen molar-refractivity contribution in [3.63, 3.8) is 0 Å². The first kappa shape index (κ1) is 12.3. The number of methoxy groups -OCH3 is 1. The van der Waals surface area contributed by atoms with Crippen molar-refractivity contribution in [2.75, 3.05) is 7.11 Å². The fourth-order valence-corrected chi connectivity index (χ4v) is 3.28. The summed E-state index contributed by atoms with van der Waals surface area (Å²) >= 11 is 3.46. The van der Waals surface area contributed by atoms with Gasteiger partial charge in [-0.05, 0) is 46.5 Å². The van der Waals surface area contributed by atoms with Gasteiger partial charge >= 0.3 is 0 Å². The van der Waals surface area contributed by atoms with Crippen LogP contribution in [0.4, 0.5) is 0 Å². The highest BCUT2D eigenvalue weighted by atomic mass is 32.2. The van der Waals surface area contributed by atoms with Crippen LogP contribution in [0, 0.1) is 0 Å². The van der Waals surface area contributed by atoms with Gasteiger partial charge < -0.3 is 4.74 Å². The van der Waals surface area contributed by atoms with Gasteiger partial charge in [0.15, 0.2) is 0 Å². The van der Waals surface area contributed by atoms with Crippen molar-refractivity contribution in [1.82, 2.24) is 0 Å². The van der Waals surface area contributed by atoms with Crippen molar-refractivity contribution < 1.29 is 4.74 Å². The Morgan fingerprint density at radius 2 is 2.06 bits per heavy atom. The molecule has 3 heteroatoms. The number of thiophene rings is 1. The lowest BCUT2D eigenvalue weighted by Gasteiger charge is -2.04. The molecule has 0 unspecified atom stereocenters. The van der Waals surface area contributed by atoms with Crippen molar-refractivity contribution in [2.45, 2.75) is 10.6 Å². The van der Waals surface area contributed by atoms with Crippen LogP contribution < -0.4 is 4.74 Å². The lowest BCUT2D eigenvalue weighted by molar-refractivity contribution is 0.414. The van der Waals surface area contributed by atoms with Crippen molar-refractivity contribution in [2.24, 2.45) is 0 Å². The Kier molecular flexibility index (Phi) is 4.29. The molecule has 17 heavy (non-hydrogen) atoms. The molecule has 0 aliphatic carbocycles. The first-order valence-corrected chi connectivity index (χ1v) is 7.06. The quantitative estimate of drug-likeness (QED) is 0.729. The van der Waals surface area contributed by atoms with Crippen LogP contribution in [0.2, 0.25) is 0 Å². The zero-order valence-electron chi connectivity index (χ0n) is 9.68. The molecule has 0 aliphatic rings. The van der Waals surface area contributed by atoms with E-state index >= 15 is 0 Å². The summed E-state index contributed by atoms with van der Waals surface area (Å²) in [5.41, 5.74) is 2.67. The molecule has 0 amide bonds. The van der Waals surface area contributed by atoms with E-state index in [1.807, 2.05) is 17.5 Å². The molecular formula is C14H14OS2. The van der Waals surface area contributed by atoms with Crippen molar-refractivity contribution in [1.29, 1.82) is 0 Å². The fourth-order valence-electron chi connectivity index (χ4n) is 1.60. The second-order valence-electron chi connectivity index (χ2n) is 3.54. The molecule has 0 bridgehead atoms. The van der Waals surface area contributed by atoms with Crippen LogP contribution in [-0.2, 0) is 6.42 Å². The summed E-state index contributed by atoms with van der Waals surface area (Å²) in [6.07, 6.45) is 0.962. The average molecular weight is 262 g/mol. The van der Waals surface area contributed by atoms with Gasteiger partial charge in [-0.1, -0.05) is 30.5 Å². The van der Waals surface area contributed by atoms with Gasteiger partial charge in [-0.2, -0.15) is 0 Å². The Labute approximate surface area is 110 Å². The molecule has 0 N–H and O–H groups in total. The van der Waals surface area contributed by atoms with Crippen LogP contribution in [0.1, 0.15) is 11.1 Å². The smallest absolute Gasteiger partial charge is 0.118 e. The monoisotopic (exact) mass is 262 g/mol. The molecule has 0 saturated heterocycles. The predicted octanol–water partition coefficient (Wildman–Crippen LogP) is 4.58. The third-order valence-corrected chi connectivity index (χ3v) is 4.42. The van der Waals surface area contributed by atoms with Gasteiger partial charge in [0.05, 0.1) is 11.3 Å². The van der Waals surface area contributed by atoms with Gasteiger partial charge in [-0.25, -0.2) is 0 Å². The van der Waals surface area contributed by atoms with Gasteiger partial charge in [0.25, 0.3) is 0 Å². The normalized spacial score (nSPS) is 10.2. The van der Waals surface area contributed by atoms with Gasteiger partial charge in [0.2, 0.25) is 0 Å². The van der Waals surface area contributed by atoms with Crippen LogP contribution >= 0.6 is 23.1 Å². The number of rotatable bonds is 5. The number of hydrogen-bond donors (Lipinski definition) is 0. The van der Waals surface area contributed by atoms with Crippen LogP contribution in [0.25, 0.3) is 0 Å². The van der Waals surface area contributed by atoms with Crippen molar-refractivity contribution >= 4 is 23.1 Å². The first-order valence-electron chi connectivity index (χ1n) is 5.30. The van der Waals surface area contributed by atoms with E-state index < -0.39 is 0 Å². The molecule has 1 aromatic heterocycles. The Morgan fingerprint density at radius 1 is 1.29 bits per heavy atom. The minimum Gasteiger partial charge on any atom is -0.497 e. The van der Waals surface area contributed by atoms with E-state index in [0.29, 0.717) is 0 Å². The zero-order valence-corrected chi connectivity index (χ0v) is 11.3. The van der Waals surface area contributed by atoms with Crippen LogP contribution in [0.3, 0.4) is 0 Å². The lowest BCUT2D eigenvalue weighted by atomic mass is 10.1. The van der Waals surface area contributed by atoms with E-state index in [0.717, 1.165) is 12.2 Å². The molecule has 2 rings (SSSR count). The average Bonchev–Trinajstić information content (AvgIpc) is 2.78. The maximum Gasteiger partial charge on any atom is 0.118 e. The largest absolute Gasteiger partial charge is 0.497 e. The molecule has 0 aliphatic heterocycles. The maximum absolute atomic E-state index is 5.15. The highest BCUT2D eigenvalue weighted by Crippen LogP contribution is 2.31. The van der Waals surface area contributed by atoms with E-state index in [4.69, 9.17) is 4.74 Å². The molecule has 0 spiro atoms. The lowest BCUT2D eigenvalue weighted by Crippen LogP contribution is -1.88. The summed E-state index contributed by atoms with van der Waals surface area (Å²) in [4.78, 5) is 0. The predicted molar refractivity (Wildman–Crippen MR) is 76.2 cm³/mol. The van der Waals surface area contributed by atoms with Gasteiger partial charge in [0.1, 0.15) is 5.75 Å². The van der Waals surface area contributed by atoms with E-state index in [-0.39, 0.29) is 0 Å². The molecule has 2 aromatic rings. The minimum absolute atomic E-state index is 0.903. The van der Waals surface area contributed by atoms with Crippen LogP contribution in [-0.4, -0.2) is 7.11 Å². The minimum atomic E-state index is 0.903. The fraction of sp³-hybridized carbons (Fsp3) is 0.143. The van der Waals surface area contributed by atoms with E-state index in [1.165, 1.54) is 15.3 Å². The summed E-state index contributed by atoms with van der Waals surface area (Å²) in [5, 5.41) is 4.01. The van der Waals surface area contributed by atoms with Gasteiger partial charge in [-0.3, -0.25) is 0 Å². The molecule has 1 nitrogen and oxygen atoms in total. The molecule has 0 atom stereocenters. The molecule has 0 saturated carbocycles. The number of hydrogen-bond acceptors (Lipinski definition) is 3. The van der Waals surface area contributed by atoms with Crippen LogP contribution in [0.5, 0.6) is 5.75 Å². The number of ether oxygens (including phenoxy) is 1. The van der Waals surface area contributed by atoms with Crippen LogP contribution in [0.15, 0.2) is 51.9 Å². The molecule has 88 valence electrons. The molecular weight excluding hydrogens is 248 g/mol. The van der Waals surface area contributed by atoms with E-state index in [2.05, 4.69) is 30.2 Å². The number of benzene rings is 1. The third-order valence-electron chi connectivity index (χ3n) is 2.45. The van der Waals surface area contributed by atoms with Crippen molar-refractivity contribution in [3.8, 4) is 5.75 Å². The van der Waals surface area contributed by atoms with Crippen molar-refractivity contribution in [3.05, 3.63) is 58.8 Å². The summed E-state index contributed by atoms with van der Waals surface area (Å²) in [5.74, 6) is 0.903. The molecule has 0 fully saturated rings. The topological polar surface area (TPSA) is 9.23 Å². The standard InChI is InChI=1S/C14H14OS2/c1-3-16-14-12(8-9-17-14)10-11-4-6-13(15-2)7-5-11/h3-9H,1,10H2,2H3. The number of thioether (sulfide) groups is 1. The zero-order chi connectivity index (χ0) is 12.1. The molecule has 1 heterocycles. The summed E-state index contributed by atoms with van der Waals surface area (Å²) in [6.45, 7) is 3.76. The first-order chi connectivity index (χ1) is 8.33. The Morgan fingerprint density at radius 3 is 2.71 bits per heavy atom. The van der Waals surface area contributed by atoms with Gasteiger partial charge in [-0.15, -0.1) is 11.3 Å².